The van der Waals surface area contributed by atoms with Gasteiger partial charge in [0.15, 0.2) is 0 Å². The van der Waals surface area contributed by atoms with Crippen molar-refractivity contribution in [3.8, 4) is 0 Å². The highest BCUT2D eigenvalue weighted by molar-refractivity contribution is 5.95. The van der Waals surface area contributed by atoms with Gasteiger partial charge in [0.1, 0.15) is 0 Å². The minimum atomic E-state index is 0.0744. The number of amides is 1. The fraction of sp³-hybridized carbons (Fsp3) is 0.278. The van der Waals surface area contributed by atoms with Gasteiger partial charge in [-0.3, -0.25) is 4.79 Å². The number of carbonyl (C=O) groups is 1. The third-order valence-electron chi connectivity index (χ3n) is 3.51. The van der Waals surface area contributed by atoms with Gasteiger partial charge in [0.25, 0.3) is 5.91 Å². The van der Waals surface area contributed by atoms with E-state index >= 15 is 0 Å². The van der Waals surface area contributed by atoms with E-state index in [0.717, 1.165) is 23.1 Å². The van der Waals surface area contributed by atoms with E-state index in [0.29, 0.717) is 19.6 Å². The van der Waals surface area contributed by atoms with Crippen molar-refractivity contribution in [2.75, 3.05) is 13.1 Å². The number of hydrogen-bond acceptors (Lipinski definition) is 2. The van der Waals surface area contributed by atoms with Gasteiger partial charge in [-0.1, -0.05) is 48.5 Å². The maximum absolute atomic E-state index is 12.8. The zero-order valence-corrected chi connectivity index (χ0v) is 12.5. The summed E-state index contributed by atoms with van der Waals surface area (Å²) in [4.78, 5) is 14.6. The Hall–Kier alpha value is -2.13. The first-order chi connectivity index (χ1) is 10.2. The molecule has 0 bridgehead atoms. The molecule has 1 amide bonds. The minimum absolute atomic E-state index is 0.0744. The Morgan fingerprint density at radius 2 is 1.71 bits per heavy atom. The highest BCUT2D eigenvalue weighted by Crippen LogP contribution is 2.14. The molecule has 3 heteroatoms. The average Bonchev–Trinajstić information content (AvgIpc) is 2.52. The molecule has 2 aromatic carbocycles. The summed E-state index contributed by atoms with van der Waals surface area (Å²) >= 11 is 0. The molecule has 110 valence electrons. The van der Waals surface area contributed by atoms with Crippen LogP contribution in [-0.4, -0.2) is 23.9 Å². The summed E-state index contributed by atoms with van der Waals surface area (Å²) in [6, 6.07) is 17.8. The van der Waals surface area contributed by atoms with Gasteiger partial charge in [0.2, 0.25) is 0 Å². The number of carbonyl (C=O) groups excluding carboxylic acids is 1. The molecule has 0 saturated carbocycles. The lowest BCUT2D eigenvalue weighted by Crippen LogP contribution is -2.33. The van der Waals surface area contributed by atoms with E-state index in [4.69, 9.17) is 5.73 Å². The number of aryl methyl sites for hydroxylation is 1. The van der Waals surface area contributed by atoms with E-state index in [2.05, 4.69) is 0 Å². The van der Waals surface area contributed by atoms with Gasteiger partial charge in [-0.25, -0.2) is 0 Å². The fourth-order valence-corrected chi connectivity index (χ4v) is 2.32. The SMILES string of the molecule is Cc1ccccc1C(=O)N(CCCN)Cc1ccccc1. The zero-order valence-electron chi connectivity index (χ0n) is 12.5. The van der Waals surface area contributed by atoms with Crippen molar-refractivity contribution in [3.05, 3.63) is 71.3 Å². The third-order valence-corrected chi connectivity index (χ3v) is 3.51. The number of nitrogens with two attached hydrogens (primary N) is 1. The van der Waals surface area contributed by atoms with E-state index < -0.39 is 0 Å². The van der Waals surface area contributed by atoms with E-state index in [-0.39, 0.29) is 5.91 Å². The highest BCUT2D eigenvalue weighted by atomic mass is 16.2. The van der Waals surface area contributed by atoms with E-state index in [1.165, 1.54) is 0 Å². The van der Waals surface area contributed by atoms with Crippen LogP contribution in [0.3, 0.4) is 0 Å². The molecule has 3 nitrogen and oxygen atoms in total. The Labute approximate surface area is 126 Å². The van der Waals surface area contributed by atoms with Crippen LogP contribution < -0.4 is 5.73 Å². The van der Waals surface area contributed by atoms with E-state index in [9.17, 15) is 4.79 Å². The van der Waals surface area contributed by atoms with E-state index in [1.54, 1.807) is 0 Å². The second-order valence-electron chi connectivity index (χ2n) is 5.17. The van der Waals surface area contributed by atoms with Crippen LogP contribution in [0.1, 0.15) is 27.9 Å². The maximum Gasteiger partial charge on any atom is 0.254 e. The number of rotatable bonds is 6. The van der Waals surface area contributed by atoms with Crippen LogP contribution in [-0.2, 0) is 6.54 Å². The molecule has 0 saturated heterocycles. The molecule has 0 fully saturated rings. The van der Waals surface area contributed by atoms with Gasteiger partial charge in [-0.05, 0) is 37.1 Å². The molecule has 2 N–H and O–H groups in total. The van der Waals surface area contributed by atoms with Gasteiger partial charge in [-0.15, -0.1) is 0 Å². The lowest BCUT2D eigenvalue weighted by molar-refractivity contribution is 0.0741. The molecule has 0 aliphatic carbocycles. The Balaban J connectivity index is 2.19. The monoisotopic (exact) mass is 282 g/mol. The van der Waals surface area contributed by atoms with Crippen molar-refractivity contribution in [2.24, 2.45) is 5.73 Å². The van der Waals surface area contributed by atoms with Gasteiger partial charge >= 0.3 is 0 Å². The van der Waals surface area contributed by atoms with Crippen LogP contribution in [0.15, 0.2) is 54.6 Å². The van der Waals surface area contributed by atoms with Crippen LogP contribution in [0.2, 0.25) is 0 Å². The predicted octanol–water partition coefficient (Wildman–Crippen LogP) is 2.99. The Morgan fingerprint density at radius 1 is 1.05 bits per heavy atom. The number of benzene rings is 2. The molecule has 0 aromatic heterocycles. The summed E-state index contributed by atoms with van der Waals surface area (Å²) in [6.45, 7) is 3.86. The first-order valence-electron chi connectivity index (χ1n) is 7.31. The van der Waals surface area contributed by atoms with Crippen LogP contribution in [0.5, 0.6) is 0 Å². The quantitative estimate of drug-likeness (QED) is 0.885. The molecule has 2 rings (SSSR count). The topological polar surface area (TPSA) is 46.3 Å². The molecular weight excluding hydrogens is 260 g/mol. The molecule has 0 heterocycles. The summed E-state index contributed by atoms with van der Waals surface area (Å²) in [6.07, 6.45) is 0.810. The van der Waals surface area contributed by atoms with Crippen LogP contribution in [0.4, 0.5) is 0 Å². The van der Waals surface area contributed by atoms with Crippen molar-refractivity contribution >= 4 is 5.91 Å². The number of hydrogen-bond donors (Lipinski definition) is 1. The fourth-order valence-electron chi connectivity index (χ4n) is 2.32. The summed E-state index contributed by atoms with van der Waals surface area (Å²) in [5.74, 6) is 0.0744. The first kappa shape index (κ1) is 15.3. The molecule has 0 unspecified atom stereocenters. The largest absolute Gasteiger partial charge is 0.334 e. The van der Waals surface area contributed by atoms with Gasteiger partial charge in [0.05, 0.1) is 0 Å². The predicted molar refractivity (Wildman–Crippen MR) is 86.0 cm³/mol. The van der Waals surface area contributed by atoms with Crippen LogP contribution in [0, 0.1) is 6.92 Å². The Kier molecular flexibility index (Phi) is 5.52. The number of nitrogens with zero attached hydrogens (tertiary/aromatic N) is 1. The minimum Gasteiger partial charge on any atom is -0.334 e. The normalized spacial score (nSPS) is 10.4. The van der Waals surface area contributed by atoms with Gasteiger partial charge < -0.3 is 10.6 Å². The zero-order chi connectivity index (χ0) is 15.1. The van der Waals surface area contributed by atoms with Crippen molar-refractivity contribution in [2.45, 2.75) is 19.9 Å². The molecular formula is C18H22N2O. The summed E-state index contributed by atoms with van der Waals surface area (Å²) in [7, 11) is 0. The highest BCUT2D eigenvalue weighted by Gasteiger charge is 2.17. The maximum atomic E-state index is 12.8. The third kappa shape index (κ3) is 4.17. The van der Waals surface area contributed by atoms with Crippen LogP contribution in [0.25, 0.3) is 0 Å². The first-order valence-corrected chi connectivity index (χ1v) is 7.31. The van der Waals surface area contributed by atoms with Crippen molar-refractivity contribution in [1.82, 2.24) is 4.90 Å². The van der Waals surface area contributed by atoms with Crippen LogP contribution >= 0.6 is 0 Å². The lowest BCUT2D eigenvalue weighted by Gasteiger charge is -2.23. The Bertz CT molecular complexity index is 581. The summed E-state index contributed by atoms with van der Waals surface area (Å²) in [5, 5.41) is 0. The molecule has 21 heavy (non-hydrogen) atoms. The summed E-state index contributed by atoms with van der Waals surface area (Å²) < 4.78 is 0. The second kappa shape index (κ2) is 7.60. The van der Waals surface area contributed by atoms with Gasteiger partial charge in [0, 0.05) is 18.7 Å². The van der Waals surface area contributed by atoms with E-state index in [1.807, 2.05) is 66.4 Å². The lowest BCUT2D eigenvalue weighted by atomic mass is 10.1. The molecule has 0 aliphatic heterocycles. The standard InChI is InChI=1S/C18H22N2O/c1-15-8-5-6-11-17(15)18(21)20(13-7-12-19)14-16-9-3-2-4-10-16/h2-6,8-11H,7,12-14,19H2,1H3. The van der Waals surface area contributed by atoms with Crippen molar-refractivity contribution in [1.29, 1.82) is 0 Å². The smallest absolute Gasteiger partial charge is 0.254 e. The summed E-state index contributed by atoms with van der Waals surface area (Å²) in [5.41, 5.74) is 8.51. The molecule has 0 spiro atoms. The molecule has 2 aromatic rings. The molecule has 0 aliphatic rings. The van der Waals surface area contributed by atoms with Gasteiger partial charge in [-0.2, -0.15) is 0 Å². The Morgan fingerprint density at radius 3 is 2.38 bits per heavy atom. The average molecular weight is 282 g/mol. The second-order valence-corrected chi connectivity index (χ2v) is 5.17. The van der Waals surface area contributed by atoms with Crippen molar-refractivity contribution in [3.63, 3.8) is 0 Å². The molecule has 0 atom stereocenters. The molecule has 0 radical (unpaired) electrons. The van der Waals surface area contributed by atoms with Crippen molar-refractivity contribution < 1.29 is 4.79 Å².